The van der Waals surface area contributed by atoms with Gasteiger partial charge in [0.2, 0.25) is 5.91 Å². The fourth-order valence-corrected chi connectivity index (χ4v) is 4.33. The lowest BCUT2D eigenvalue weighted by atomic mass is 9.89. The van der Waals surface area contributed by atoms with Crippen molar-refractivity contribution < 1.29 is 23.5 Å². The smallest absolute Gasteiger partial charge is 0.289 e. The Kier molecular flexibility index (Phi) is 6.73. The summed E-state index contributed by atoms with van der Waals surface area (Å²) in [5.41, 5.74) is 1.54. The van der Waals surface area contributed by atoms with Gasteiger partial charge in [-0.15, -0.1) is 0 Å². The SMILES string of the molecule is COc1ccccc1CNC(=O)CN1C(=O)/C(=C\c2ccc(F)cc2)OC2CCCCC21. The quantitative estimate of drug-likeness (QED) is 0.699. The zero-order valence-electron chi connectivity index (χ0n) is 18.1. The van der Waals surface area contributed by atoms with Crippen LogP contribution in [0.3, 0.4) is 0 Å². The number of morpholine rings is 1. The van der Waals surface area contributed by atoms with Gasteiger partial charge in [0.05, 0.1) is 13.2 Å². The van der Waals surface area contributed by atoms with E-state index in [4.69, 9.17) is 9.47 Å². The minimum absolute atomic E-state index is 0.0424. The lowest BCUT2D eigenvalue weighted by Gasteiger charge is -2.44. The van der Waals surface area contributed by atoms with Gasteiger partial charge in [0, 0.05) is 12.1 Å². The number of benzene rings is 2. The summed E-state index contributed by atoms with van der Waals surface area (Å²) in [4.78, 5) is 27.6. The summed E-state index contributed by atoms with van der Waals surface area (Å²) in [6.45, 7) is 0.271. The van der Waals surface area contributed by atoms with Crippen LogP contribution >= 0.6 is 0 Å². The van der Waals surface area contributed by atoms with Crippen LogP contribution in [0, 0.1) is 5.82 Å². The van der Waals surface area contributed by atoms with Crippen LogP contribution in [0.5, 0.6) is 5.75 Å². The summed E-state index contributed by atoms with van der Waals surface area (Å²) in [6.07, 6.45) is 5.13. The molecule has 1 N–H and O–H groups in total. The van der Waals surface area contributed by atoms with Gasteiger partial charge in [-0.3, -0.25) is 9.59 Å². The van der Waals surface area contributed by atoms with Gasteiger partial charge in [-0.05, 0) is 49.1 Å². The van der Waals surface area contributed by atoms with E-state index in [9.17, 15) is 14.0 Å². The molecule has 2 atom stereocenters. The molecule has 7 heteroatoms. The molecule has 2 aliphatic rings. The number of halogens is 1. The van der Waals surface area contributed by atoms with E-state index in [1.54, 1.807) is 30.2 Å². The third-order valence-electron chi connectivity index (χ3n) is 5.97. The minimum atomic E-state index is -0.344. The molecule has 1 aliphatic heterocycles. The average Bonchev–Trinajstić information content (AvgIpc) is 2.82. The molecule has 1 saturated carbocycles. The third kappa shape index (κ3) is 4.93. The molecular weight excluding hydrogens is 411 g/mol. The average molecular weight is 438 g/mol. The van der Waals surface area contributed by atoms with Crippen LogP contribution in [0.25, 0.3) is 6.08 Å². The van der Waals surface area contributed by atoms with Gasteiger partial charge >= 0.3 is 0 Å². The molecule has 0 aromatic heterocycles. The molecule has 32 heavy (non-hydrogen) atoms. The topological polar surface area (TPSA) is 67.9 Å². The monoisotopic (exact) mass is 438 g/mol. The second kappa shape index (κ2) is 9.85. The maximum Gasteiger partial charge on any atom is 0.289 e. The zero-order chi connectivity index (χ0) is 22.5. The molecule has 2 amide bonds. The summed E-state index contributed by atoms with van der Waals surface area (Å²) in [5.74, 6) is -0.00495. The van der Waals surface area contributed by atoms with Crippen LogP contribution in [0.1, 0.15) is 36.8 Å². The molecule has 2 aromatic carbocycles. The molecule has 168 valence electrons. The number of hydrogen-bond acceptors (Lipinski definition) is 4. The van der Waals surface area contributed by atoms with E-state index >= 15 is 0 Å². The number of carbonyl (C=O) groups excluding carboxylic acids is 2. The summed E-state index contributed by atoms with van der Waals surface area (Å²) >= 11 is 0. The highest BCUT2D eigenvalue weighted by Gasteiger charge is 2.42. The van der Waals surface area contributed by atoms with Gasteiger partial charge in [0.25, 0.3) is 5.91 Å². The Labute approximate surface area is 187 Å². The van der Waals surface area contributed by atoms with E-state index in [1.807, 2.05) is 24.3 Å². The van der Waals surface area contributed by atoms with Gasteiger partial charge in [-0.2, -0.15) is 0 Å². The minimum Gasteiger partial charge on any atom is -0.496 e. The number of fused-ring (bicyclic) bond motifs is 1. The van der Waals surface area contributed by atoms with Crippen molar-refractivity contribution in [2.45, 2.75) is 44.4 Å². The van der Waals surface area contributed by atoms with Crippen molar-refractivity contribution in [2.75, 3.05) is 13.7 Å². The zero-order valence-corrected chi connectivity index (χ0v) is 18.1. The predicted octanol–water partition coefficient (Wildman–Crippen LogP) is 3.66. The number of carbonyl (C=O) groups is 2. The Hall–Kier alpha value is -3.35. The number of amides is 2. The number of nitrogens with one attached hydrogen (secondary N) is 1. The lowest BCUT2D eigenvalue weighted by Crippen LogP contribution is -2.57. The Morgan fingerprint density at radius 2 is 1.94 bits per heavy atom. The molecular formula is C25H27FN2O4. The normalized spacial score (nSPS) is 21.6. The fourth-order valence-electron chi connectivity index (χ4n) is 4.33. The van der Waals surface area contributed by atoms with Crippen molar-refractivity contribution in [1.29, 1.82) is 0 Å². The van der Waals surface area contributed by atoms with Crippen LogP contribution in [0.2, 0.25) is 0 Å². The Bertz CT molecular complexity index is 1010. The highest BCUT2D eigenvalue weighted by Crippen LogP contribution is 2.33. The molecule has 0 bridgehead atoms. The second-order valence-electron chi connectivity index (χ2n) is 8.09. The summed E-state index contributed by atoms with van der Waals surface area (Å²) in [6, 6.07) is 13.2. The number of rotatable bonds is 6. The lowest BCUT2D eigenvalue weighted by molar-refractivity contribution is -0.151. The third-order valence-corrected chi connectivity index (χ3v) is 5.97. The van der Waals surface area contributed by atoms with Gasteiger partial charge in [-0.1, -0.05) is 36.8 Å². The fraction of sp³-hybridized carbons (Fsp3) is 0.360. The van der Waals surface area contributed by atoms with E-state index in [-0.39, 0.29) is 42.1 Å². The highest BCUT2D eigenvalue weighted by molar-refractivity contribution is 5.98. The van der Waals surface area contributed by atoms with Gasteiger partial charge in [0.1, 0.15) is 24.2 Å². The Morgan fingerprint density at radius 1 is 1.19 bits per heavy atom. The summed E-state index contributed by atoms with van der Waals surface area (Å²) in [5, 5.41) is 2.89. The number of nitrogens with zero attached hydrogens (tertiary/aromatic N) is 1. The molecule has 6 nitrogen and oxygen atoms in total. The molecule has 1 heterocycles. The second-order valence-corrected chi connectivity index (χ2v) is 8.09. The number of hydrogen-bond donors (Lipinski definition) is 1. The number of methoxy groups -OCH3 is 1. The molecule has 1 aliphatic carbocycles. The first-order chi connectivity index (χ1) is 15.5. The maximum atomic E-state index is 13.2. The number of ether oxygens (including phenoxy) is 2. The number of para-hydroxylation sites is 1. The van der Waals surface area contributed by atoms with Gasteiger partial charge in [0.15, 0.2) is 5.76 Å². The van der Waals surface area contributed by atoms with Gasteiger partial charge < -0.3 is 19.7 Å². The van der Waals surface area contributed by atoms with Gasteiger partial charge in [-0.25, -0.2) is 4.39 Å². The van der Waals surface area contributed by atoms with Crippen molar-refractivity contribution in [1.82, 2.24) is 10.2 Å². The molecule has 2 fully saturated rings. The maximum absolute atomic E-state index is 13.2. The Balaban J connectivity index is 1.49. The standard InChI is InChI=1S/C25H27FN2O4/c1-31-21-8-4-2-6-18(21)15-27-24(29)16-28-20-7-3-5-9-22(20)32-23(25(28)30)14-17-10-12-19(26)13-11-17/h2,4,6,8,10-14,20,22H,3,5,7,9,15-16H2,1H3,(H,27,29)/b23-14+. The largest absolute Gasteiger partial charge is 0.496 e. The summed E-state index contributed by atoms with van der Waals surface area (Å²) < 4.78 is 24.6. The highest BCUT2D eigenvalue weighted by atomic mass is 19.1. The van der Waals surface area contributed by atoms with E-state index in [0.717, 1.165) is 31.2 Å². The van der Waals surface area contributed by atoms with Crippen LogP contribution < -0.4 is 10.1 Å². The molecule has 2 aromatic rings. The molecule has 0 spiro atoms. The van der Waals surface area contributed by atoms with Crippen molar-refractivity contribution in [2.24, 2.45) is 0 Å². The van der Waals surface area contributed by atoms with Crippen molar-refractivity contribution in [3.8, 4) is 5.75 Å². The first-order valence-electron chi connectivity index (χ1n) is 10.9. The van der Waals surface area contributed by atoms with Crippen molar-refractivity contribution in [3.63, 3.8) is 0 Å². The summed E-state index contributed by atoms with van der Waals surface area (Å²) in [7, 11) is 1.59. The van der Waals surface area contributed by atoms with E-state index in [1.165, 1.54) is 12.1 Å². The van der Waals surface area contributed by atoms with Crippen LogP contribution in [-0.4, -0.2) is 42.5 Å². The first-order valence-corrected chi connectivity index (χ1v) is 10.9. The van der Waals surface area contributed by atoms with E-state index < -0.39 is 0 Å². The Morgan fingerprint density at radius 3 is 2.72 bits per heavy atom. The molecule has 4 rings (SSSR count). The predicted molar refractivity (Wildman–Crippen MR) is 118 cm³/mol. The molecule has 1 saturated heterocycles. The molecule has 0 radical (unpaired) electrons. The van der Waals surface area contributed by atoms with E-state index in [2.05, 4.69) is 5.32 Å². The van der Waals surface area contributed by atoms with Crippen molar-refractivity contribution >= 4 is 17.9 Å². The van der Waals surface area contributed by atoms with Crippen molar-refractivity contribution in [3.05, 3.63) is 71.2 Å². The van der Waals surface area contributed by atoms with Crippen LogP contribution in [0.15, 0.2) is 54.3 Å². The van der Waals surface area contributed by atoms with Crippen LogP contribution in [-0.2, 0) is 20.9 Å². The first kappa shape index (κ1) is 21.9. The van der Waals surface area contributed by atoms with E-state index in [0.29, 0.717) is 17.9 Å². The van der Waals surface area contributed by atoms with Crippen LogP contribution in [0.4, 0.5) is 4.39 Å². The molecule has 2 unspecified atom stereocenters.